The molecule has 0 N–H and O–H groups in total. The van der Waals surface area contributed by atoms with E-state index in [1.165, 1.54) is 44.6 Å². The molecule has 1 spiro atoms. The Labute approximate surface area is 163 Å². The highest BCUT2D eigenvalue weighted by Crippen LogP contribution is 2.66. The van der Waals surface area contributed by atoms with Gasteiger partial charge >= 0.3 is 0 Å². The molecule has 0 aliphatic heterocycles. The average molecular weight is 351 g/mol. The van der Waals surface area contributed by atoms with Crippen molar-refractivity contribution in [3.05, 3.63) is 125 Å². The van der Waals surface area contributed by atoms with Gasteiger partial charge in [-0.3, -0.25) is 0 Å². The van der Waals surface area contributed by atoms with E-state index < -0.39 is 0 Å². The second-order valence-electron chi connectivity index (χ2n) is 7.15. The standard InChI is InChI=1S/C27H26/c1-5-13-20-22-16-10-12-18-26(22)27(23(20)8-4)24(14-6-2)19(7-3)21-15-9-11-17-25(21)27/h5-8,10,12-18H,1-2,9,11H2,3-4H3/b19-7-,20-13-,23-8+,24-14+. The molecule has 1 unspecified atom stereocenters. The minimum Gasteiger partial charge on any atom is -0.0991 e. The van der Waals surface area contributed by atoms with Gasteiger partial charge in [0, 0.05) is 0 Å². The third-order valence-electron chi connectivity index (χ3n) is 6.00. The smallest absolute Gasteiger partial charge is 0.0719 e. The maximum Gasteiger partial charge on any atom is 0.0719 e. The molecule has 0 nitrogen and oxygen atoms in total. The molecule has 1 atom stereocenters. The minimum atomic E-state index is -0.248. The summed E-state index contributed by atoms with van der Waals surface area (Å²) in [7, 11) is 0. The molecule has 134 valence electrons. The predicted octanol–water partition coefficient (Wildman–Crippen LogP) is 7.17. The van der Waals surface area contributed by atoms with Crippen molar-refractivity contribution in [2.75, 3.05) is 0 Å². The third kappa shape index (κ3) is 2.16. The van der Waals surface area contributed by atoms with Crippen LogP contribution < -0.4 is 0 Å². The maximum absolute atomic E-state index is 4.03. The molecule has 0 saturated heterocycles. The maximum atomic E-state index is 4.03. The van der Waals surface area contributed by atoms with E-state index in [4.69, 9.17) is 0 Å². The molecular formula is C27H26. The molecule has 0 bridgehead atoms. The van der Waals surface area contributed by atoms with Crippen LogP contribution in [0.2, 0.25) is 0 Å². The van der Waals surface area contributed by atoms with Crippen molar-refractivity contribution in [1.29, 1.82) is 0 Å². The Morgan fingerprint density at radius 3 is 2.30 bits per heavy atom. The largest absolute Gasteiger partial charge is 0.0991 e. The summed E-state index contributed by atoms with van der Waals surface area (Å²) >= 11 is 0. The first-order chi connectivity index (χ1) is 13.2. The molecule has 27 heavy (non-hydrogen) atoms. The predicted molar refractivity (Wildman–Crippen MR) is 117 cm³/mol. The van der Waals surface area contributed by atoms with Gasteiger partial charge in [-0.1, -0.05) is 86.0 Å². The van der Waals surface area contributed by atoms with E-state index in [9.17, 15) is 0 Å². The van der Waals surface area contributed by atoms with E-state index in [1.807, 2.05) is 12.2 Å². The van der Waals surface area contributed by atoms with Gasteiger partial charge in [-0.2, -0.15) is 0 Å². The van der Waals surface area contributed by atoms with Crippen molar-refractivity contribution < 1.29 is 0 Å². The molecule has 4 rings (SSSR count). The Hall–Kier alpha value is -2.86. The summed E-state index contributed by atoms with van der Waals surface area (Å²) in [5, 5.41) is 0. The zero-order valence-electron chi connectivity index (χ0n) is 16.3. The number of benzene rings is 1. The first kappa shape index (κ1) is 17.5. The zero-order valence-corrected chi connectivity index (χ0v) is 16.3. The van der Waals surface area contributed by atoms with Crippen LogP contribution in [0.4, 0.5) is 0 Å². The molecule has 0 amide bonds. The van der Waals surface area contributed by atoms with Gasteiger partial charge < -0.3 is 0 Å². The molecule has 1 aromatic carbocycles. The highest BCUT2D eigenvalue weighted by Gasteiger charge is 2.56. The molecule has 0 radical (unpaired) electrons. The molecule has 0 heterocycles. The molecule has 3 aliphatic rings. The number of hydrogen-bond donors (Lipinski definition) is 0. The van der Waals surface area contributed by atoms with Crippen LogP contribution in [-0.4, -0.2) is 0 Å². The van der Waals surface area contributed by atoms with Crippen LogP contribution in [0.1, 0.15) is 37.8 Å². The quantitative estimate of drug-likeness (QED) is 0.530. The zero-order chi connectivity index (χ0) is 19.0. The average Bonchev–Trinajstić information content (AvgIpc) is 3.14. The summed E-state index contributed by atoms with van der Waals surface area (Å²) in [4.78, 5) is 0. The van der Waals surface area contributed by atoms with E-state index in [-0.39, 0.29) is 5.41 Å². The molecule has 1 saturated carbocycles. The summed E-state index contributed by atoms with van der Waals surface area (Å²) in [6.07, 6.45) is 19.8. The van der Waals surface area contributed by atoms with Crippen LogP contribution in [0.3, 0.4) is 0 Å². The minimum absolute atomic E-state index is 0.248. The molecular weight excluding hydrogens is 324 g/mol. The van der Waals surface area contributed by atoms with Crippen molar-refractivity contribution in [2.24, 2.45) is 0 Å². The van der Waals surface area contributed by atoms with E-state index >= 15 is 0 Å². The molecule has 1 aromatic rings. The van der Waals surface area contributed by atoms with Crippen LogP contribution in [-0.2, 0) is 5.41 Å². The summed E-state index contributed by atoms with van der Waals surface area (Å²) in [5.74, 6) is 0. The fraction of sp³-hybridized carbons (Fsp3) is 0.185. The van der Waals surface area contributed by atoms with E-state index in [0.29, 0.717) is 0 Å². The monoisotopic (exact) mass is 350 g/mol. The second kappa shape index (κ2) is 6.70. The normalized spacial score (nSPS) is 29.3. The SMILES string of the molecule is C=C/C=C1\C(=C/C)C2(C3=CCCC=C3C(=C/C)/C2=C\C=C)c2ccccc21. The summed E-state index contributed by atoms with van der Waals surface area (Å²) in [5.41, 5.74) is 10.6. The lowest BCUT2D eigenvalue weighted by Crippen LogP contribution is -2.26. The van der Waals surface area contributed by atoms with Gasteiger partial charge in [-0.25, -0.2) is 0 Å². The van der Waals surface area contributed by atoms with E-state index in [0.717, 1.165) is 12.8 Å². The van der Waals surface area contributed by atoms with Gasteiger partial charge in [0.1, 0.15) is 0 Å². The van der Waals surface area contributed by atoms with Crippen molar-refractivity contribution in [2.45, 2.75) is 32.1 Å². The van der Waals surface area contributed by atoms with Gasteiger partial charge in [0.25, 0.3) is 0 Å². The van der Waals surface area contributed by atoms with Gasteiger partial charge in [0.05, 0.1) is 5.41 Å². The number of hydrogen-bond acceptors (Lipinski definition) is 0. The lowest BCUT2D eigenvalue weighted by molar-refractivity contribution is 0.774. The lowest BCUT2D eigenvalue weighted by Gasteiger charge is -2.32. The van der Waals surface area contributed by atoms with Crippen molar-refractivity contribution in [3.8, 4) is 0 Å². The van der Waals surface area contributed by atoms with E-state index in [2.05, 4.69) is 87.7 Å². The Bertz CT molecular complexity index is 1010. The fourth-order valence-electron chi connectivity index (χ4n) is 5.21. The van der Waals surface area contributed by atoms with E-state index in [1.54, 1.807) is 0 Å². The van der Waals surface area contributed by atoms with Crippen molar-refractivity contribution >= 4 is 5.57 Å². The first-order valence-electron chi connectivity index (χ1n) is 9.76. The molecule has 1 fully saturated rings. The van der Waals surface area contributed by atoms with Crippen LogP contribution >= 0.6 is 0 Å². The molecule has 3 aliphatic carbocycles. The fourth-order valence-corrected chi connectivity index (χ4v) is 5.21. The van der Waals surface area contributed by atoms with Crippen LogP contribution in [0.5, 0.6) is 0 Å². The lowest BCUT2D eigenvalue weighted by atomic mass is 9.69. The Balaban J connectivity index is 2.20. The summed E-state index contributed by atoms with van der Waals surface area (Å²) < 4.78 is 0. The van der Waals surface area contributed by atoms with Crippen LogP contribution in [0.25, 0.3) is 5.57 Å². The number of rotatable bonds is 2. The van der Waals surface area contributed by atoms with Crippen LogP contribution in [0, 0.1) is 0 Å². The molecule has 0 heteroatoms. The highest BCUT2D eigenvalue weighted by atomic mass is 14.6. The third-order valence-corrected chi connectivity index (χ3v) is 6.00. The molecule has 0 aromatic heterocycles. The van der Waals surface area contributed by atoms with Crippen molar-refractivity contribution in [3.63, 3.8) is 0 Å². The van der Waals surface area contributed by atoms with Gasteiger partial charge in [-0.15, -0.1) is 0 Å². The summed E-state index contributed by atoms with van der Waals surface area (Å²) in [6, 6.07) is 8.84. The Morgan fingerprint density at radius 1 is 0.852 bits per heavy atom. The summed E-state index contributed by atoms with van der Waals surface area (Å²) in [6.45, 7) is 12.3. The topological polar surface area (TPSA) is 0 Å². The Kier molecular flexibility index (Phi) is 4.36. The van der Waals surface area contributed by atoms with Gasteiger partial charge in [-0.05, 0) is 71.3 Å². The van der Waals surface area contributed by atoms with Crippen molar-refractivity contribution in [1.82, 2.24) is 0 Å². The van der Waals surface area contributed by atoms with Gasteiger partial charge in [0.15, 0.2) is 0 Å². The Morgan fingerprint density at radius 2 is 1.59 bits per heavy atom. The van der Waals surface area contributed by atoms with Gasteiger partial charge in [0.2, 0.25) is 0 Å². The first-order valence-corrected chi connectivity index (χ1v) is 9.76. The second-order valence-corrected chi connectivity index (χ2v) is 7.15. The number of fused-ring (bicyclic) bond motifs is 4. The number of allylic oxidation sites excluding steroid dienone is 14. The van der Waals surface area contributed by atoms with Crippen LogP contribution in [0.15, 0.2) is 114 Å². The highest BCUT2D eigenvalue weighted by molar-refractivity contribution is 5.98.